The Balaban J connectivity index is 0.000000197. The Kier molecular flexibility index (Phi) is 7.81. The molecule has 30 heavy (non-hydrogen) atoms. The molecule has 2 saturated carbocycles. The minimum atomic E-state index is -0.206. The van der Waals surface area contributed by atoms with Crippen molar-refractivity contribution in [1.29, 1.82) is 0 Å². The normalized spacial score (nSPS) is 24.8. The van der Waals surface area contributed by atoms with E-state index in [1.165, 1.54) is 16.3 Å². The van der Waals surface area contributed by atoms with E-state index in [-0.39, 0.29) is 38.2 Å². The molecule has 2 aliphatic carbocycles. The maximum atomic E-state index is 9.41. The van der Waals surface area contributed by atoms with Crippen LogP contribution in [0.4, 0.5) is 0 Å². The van der Waals surface area contributed by atoms with E-state index in [1.54, 1.807) is 0 Å². The van der Waals surface area contributed by atoms with E-state index in [2.05, 4.69) is 49.2 Å². The fraction of sp³-hybridized carbons (Fsp3) is 0.423. The van der Waals surface area contributed by atoms with Crippen molar-refractivity contribution in [2.45, 2.75) is 57.7 Å². The molecule has 3 nitrogen and oxygen atoms in total. The third-order valence-corrected chi connectivity index (χ3v) is 6.50. The summed E-state index contributed by atoms with van der Waals surface area (Å²) in [5, 5.41) is 21.3. The van der Waals surface area contributed by atoms with Crippen LogP contribution in [-0.2, 0) is 20.1 Å². The Morgan fingerprint density at radius 3 is 2.30 bits per heavy atom. The van der Waals surface area contributed by atoms with Gasteiger partial charge in [0.05, 0.1) is 12.2 Å². The molecule has 2 fully saturated rings. The van der Waals surface area contributed by atoms with Crippen LogP contribution in [0.2, 0.25) is 0 Å². The maximum Gasteiger partial charge on any atom is 0.0595 e. The molecule has 2 unspecified atom stereocenters. The smallest absolute Gasteiger partial charge is 0.0595 e. The second kappa shape index (κ2) is 10.2. The molecule has 2 aliphatic rings. The van der Waals surface area contributed by atoms with E-state index in [9.17, 15) is 10.2 Å². The molecule has 0 aliphatic heterocycles. The summed E-state index contributed by atoms with van der Waals surface area (Å²) in [6.07, 6.45) is 5.62. The Hall–Kier alpha value is -1.58. The molecule has 0 amide bonds. The molecule has 2 atom stereocenters. The summed E-state index contributed by atoms with van der Waals surface area (Å²) in [5.41, 5.74) is 3.40. The van der Waals surface area contributed by atoms with Crippen LogP contribution in [-0.4, -0.2) is 27.4 Å². The van der Waals surface area contributed by atoms with Gasteiger partial charge in [0.2, 0.25) is 0 Å². The third-order valence-electron chi connectivity index (χ3n) is 6.50. The van der Waals surface area contributed by atoms with Crippen LogP contribution in [0.5, 0.6) is 0 Å². The van der Waals surface area contributed by atoms with Gasteiger partial charge in [-0.25, -0.2) is 0 Å². The zero-order chi connectivity index (χ0) is 20.4. The van der Waals surface area contributed by atoms with E-state index in [4.69, 9.17) is 0 Å². The fourth-order valence-electron chi connectivity index (χ4n) is 4.97. The number of nitrogens with zero attached hydrogens (tertiary/aromatic N) is 1. The van der Waals surface area contributed by atoms with Crippen molar-refractivity contribution in [1.82, 2.24) is 4.98 Å². The summed E-state index contributed by atoms with van der Waals surface area (Å²) in [6.45, 7) is 4.45. The molecule has 1 radical (unpaired) electrons. The van der Waals surface area contributed by atoms with Crippen LogP contribution in [0.15, 0.2) is 54.7 Å². The van der Waals surface area contributed by atoms with Gasteiger partial charge in [-0.3, -0.25) is 0 Å². The van der Waals surface area contributed by atoms with Crippen molar-refractivity contribution in [3.05, 3.63) is 66.4 Å². The molecule has 1 heterocycles. The van der Waals surface area contributed by atoms with Gasteiger partial charge in [-0.2, -0.15) is 0 Å². The van der Waals surface area contributed by atoms with Gasteiger partial charge in [-0.1, -0.05) is 38.1 Å². The van der Waals surface area contributed by atoms with Crippen LogP contribution in [0.1, 0.15) is 51.0 Å². The third kappa shape index (κ3) is 4.83. The van der Waals surface area contributed by atoms with Gasteiger partial charge in [0, 0.05) is 32.2 Å². The first kappa shape index (κ1) is 23.1. The number of hydrogen-bond acceptors (Lipinski definition) is 3. The average molecular weight is 581 g/mol. The van der Waals surface area contributed by atoms with Crippen LogP contribution in [0.25, 0.3) is 22.0 Å². The van der Waals surface area contributed by atoms with Gasteiger partial charge >= 0.3 is 0 Å². The van der Waals surface area contributed by atoms with Gasteiger partial charge in [0.15, 0.2) is 0 Å². The zero-order valence-electron chi connectivity index (χ0n) is 17.6. The van der Waals surface area contributed by atoms with Crippen LogP contribution in [0.3, 0.4) is 0 Å². The van der Waals surface area contributed by atoms with Crippen molar-refractivity contribution < 1.29 is 30.3 Å². The fourth-order valence-corrected chi connectivity index (χ4v) is 4.97. The van der Waals surface area contributed by atoms with Gasteiger partial charge < -0.3 is 15.2 Å². The quantitative estimate of drug-likeness (QED) is 0.402. The number of pyridine rings is 1. The molecular formula is C26H30IrNO2-. The van der Waals surface area contributed by atoms with Crippen molar-refractivity contribution in [3.8, 4) is 11.3 Å². The second-order valence-corrected chi connectivity index (χ2v) is 8.70. The topological polar surface area (TPSA) is 53.4 Å². The summed E-state index contributed by atoms with van der Waals surface area (Å²) >= 11 is 0. The Bertz CT molecular complexity index is 946. The van der Waals surface area contributed by atoms with E-state index >= 15 is 0 Å². The first-order chi connectivity index (χ1) is 14.0. The van der Waals surface area contributed by atoms with Crippen molar-refractivity contribution in [2.24, 2.45) is 11.8 Å². The zero-order valence-corrected chi connectivity index (χ0v) is 20.0. The first-order valence-corrected chi connectivity index (χ1v) is 10.8. The molecule has 161 valence electrons. The summed E-state index contributed by atoms with van der Waals surface area (Å²) < 4.78 is 0. The number of hydrogen-bond donors (Lipinski definition) is 2. The maximum absolute atomic E-state index is 9.41. The van der Waals surface area contributed by atoms with E-state index in [0.717, 1.165) is 36.9 Å². The van der Waals surface area contributed by atoms with Crippen LogP contribution >= 0.6 is 0 Å². The molecule has 0 saturated heterocycles. The Morgan fingerprint density at radius 2 is 1.70 bits per heavy atom. The monoisotopic (exact) mass is 581 g/mol. The summed E-state index contributed by atoms with van der Waals surface area (Å²) in [7, 11) is 0. The molecule has 1 aromatic heterocycles. The molecule has 2 aromatic carbocycles. The number of aromatic nitrogens is 1. The number of aliphatic hydroxyl groups excluding tert-OH is 2. The molecule has 5 rings (SSSR count). The van der Waals surface area contributed by atoms with Gasteiger partial charge in [-0.15, -0.1) is 35.9 Å². The minimum absolute atomic E-state index is 0. The Morgan fingerprint density at radius 1 is 0.967 bits per heavy atom. The van der Waals surface area contributed by atoms with E-state index in [0.29, 0.717) is 11.8 Å². The largest absolute Gasteiger partial charge is 0.393 e. The molecule has 4 heteroatoms. The van der Waals surface area contributed by atoms with E-state index in [1.807, 2.05) is 30.5 Å². The average Bonchev–Trinajstić information content (AvgIpc) is 3.31. The number of rotatable bonds is 2. The van der Waals surface area contributed by atoms with Gasteiger partial charge in [0.25, 0.3) is 0 Å². The van der Waals surface area contributed by atoms with Crippen LogP contribution < -0.4 is 0 Å². The summed E-state index contributed by atoms with van der Waals surface area (Å²) in [4.78, 5) is 4.55. The SMILES string of the molecule is CC(C)c1cccc2cnc(-c3[c-]cccc3)cc12.OC1CCC2CCC(O)C12.[Ir]. The Labute approximate surface area is 192 Å². The standard InChI is InChI=1S/C18H16N.C8H14O2.Ir/c1-13(2)16-10-6-9-15-12-19-18(11-17(15)16)14-7-4-3-5-8-14;9-6-3-1-5-2-4-7(10)8(5)6;/h3-7,9-13H,1-2H3;5-10H,1-4H2;/q-1;;. The van der Waals surface area contributed by atoms with Crippen LogP contribution in [0, 0.1) is 17.9 Å². The first-order valence-electron chi connectivity index (χ1n) is 10.8. The molecule has 3 aromatic rings. The van der Waals surface area contributed by atoms with Gasteiger partial charge in [0.1, 0.15) is 0 Å². The number of fused-ring (bicyclic) bond motifs is 2. The molecule has 0 spiro atoms. The van der Waals surface area contributed by atoms with Gasteiger partial charge in [-0.05, 0) is 59.5 Å². The summed E-state index contributed by atoms with van der Waals surface area (Å²) in [6, 6.07) is 19.8. The number of aliphatic hydroxyl groups is 2. The number of benzene rings is 2. The molecule has 2 N–H and O–H groups in total. The second-order valence-electron chi connectivity index (χ2n) is 8.70. The van der Waals surface area contributed by atoms with E-state index < -0.39 is 0 Å². The molecule has 0 bridgehead atoms. The minimum Gasteiger partial charge on any atom is -0.393 e. The summed E-state index contributed by atoms with van der Waals surface area (Å²) in [5.74, 6) is 1.36. The van der Waals surface area contributed by atoms with Crippen molar-refractivity contribution in [2.75, 3.05) is 0 Å². The van der Waals surface area contributed by atoms with Crippen molar-refractivity contribution >= 4 is 10.8 Å². The predicted molar refractivity (Wildman–Crippen MR) is 118 cm³/mol. The van der Waals surface area contributed by atoms with Crippen molar-refractivity contribution in [3.63, 3.8) is 0 Å². The molecular weight excluding hydrogens is 551 g/mol. The predicted octanol–water partition coefficient (Wildman–Crippen LogP) is 5.35.